The van der Waals surface area contributed by atoms with Crippen molar-refractivity contribution in [1.29, 1.82) is 0 Å². The number of nitrogens with one attached hydrogen (secondary N) is 1. The molecule has 0 saturated carbocycles. The van der Waals surface area contributed by atoms with Crippen molar-refractivity contribution in [2.45, 2.75) is 25.8 Å². The van der Waals surface area contributed by atoms with Crippen LogP contribution in [0.4, 0.5) is 0 Å². The lowest BCUT2D eigenvalue weighted by molar-refractivity contribution is -0.121. The SMILES string of the molecule is CC(NC(=O)CCC(=O)c1cccs1)c1ccc(Cl)s1. The van der Waals surface area contributed by atoms with Crippen LogP contribution in [0.2, 0.25) is 4.34 Å². The van der Waals surface area contributed by atoms with Gasteiger partial charge in [0.25, 0.3) is 0 Å². The Bertz CT molecular complexity index is 592. The summed E-state index contributed by atoms with van der Waals surface area (Å²) < 4.78 is 0.703. The predicted molar refractivity (Wildman–Crippen MR) is 83.8 cm³/mol. The summed E-state index contributed by atoms with van der Waals surface area (Å²) in [5.74, 6) is -0.103. The number of ketones is 1. The zero-order chi connectivity index (χ0) is 14.5. The van der Waals surface area contributed by atoms with Gasteiger partial charge < -0.3 is 5.32 Å². The van der Waals surface area contributed by atoms with Crippen LogP contribution in [0.3, 0.4) is 0 Å². The summed E-state index contributed by atoms with van der Waals surface area (Å²) in [6.07, 6.45) is 0.449. The molecular weight excluding hydrogens is 314 g/mol. The second-order valence-corrected chi connectivity index (χ2v) is 7.03. The topological polar surface area (TPSA) is 46.2 Å². The molecule has 106 valence electrons. The number of hydrogen-bond donors (Lipinski definition) is 1. The summed E-state index contributed by atoms with van der Waals surface area (Å²) in [5, 5.41) is 4.73. The molecule has 2 rings (SSSR count). The third-order valence-corrected chi connectivity index (χ3v) is 5.10. The number of rotatable bonds is 6. The molecular formula is C14H14ClNO2S2. The van der Waals surface area contributed by atoms with Crippen molar-refractivity contribution in [3.8, 4) is 0 Å². The lowest BCUT2D eigenvalue weighted by atomic mass is 10.1. The highest BCUT2D eigenvalue weighted by molar-refractivity contribution is 7.16. The van der Waals surface area contributed by atoms with Gasteiger partial charge in [0.2, 0.25) is 5.91 Å². The van der Waals surface area contributed by atoms with Gasteiger partial charge in [-0.15, -0.1) is 22.7 Å². The molecule has 0 aliphatic heterocycles. The van der Waals surface area contributed by atoms with Gasteiger partial charge in [-0.2, -0.15) is 0 Å². The average molecular weight is 328 g/mol. The van der Waals surface area contributed by atoms with E-state index in [4.69, 9.17) is 11.6 Å². The Kier molecular flexibility index (Phi) is 5.34. The summed E-state index contributed by atoms with van der Waals surface area (Å²) in [4.78, 5) is 25.3. The van der Waals surface area contributed by atoms with Gasteiger partial charge in [0.15, 0.2) is 5.78 Å². The molecule has 0 fully saturated rings. The van der Waals surface area contributed by atoms with Crippen LogP contribution in [0.25, 0.3) is 0 Å². The fraction of sp³-hybridized carbons (Fsp3) is 0.286. The van der Waals surface area contributed by atoms with Crippen LogP contribution >= 0.6 is 34.3 Å². The Morgan fingerprint density at radius 1 is 1.30 bits per heavy atom. The van der Waals surface area contributed by atoms with E-state index in [0.717, 1.165) is 4.88 Å². The van der Waals surface area contributed by atoms with Gasteiger partial charge in [0.1, 0.15) is 0 Å². The molecule has 3 nitrogen and oxygen atoms in total. The Hall–Kier alpha value is -1.17. The van der Waals surface area contributed by atoms with E-state index in [9.17, 15) is 9.59 Å². The number of hydrogen-bond acceptors (Lipinski definition) is 4. The molecule has 2 aromatic heterocycles. The second kappa shape index (κ2) is 7.02. The van der Waals surface area contributed by atoms with Gasteiger partial charge in [-0.25, -0.2) is 0 Å². The predicted octanol–water partition coefficient (Wildman–Crippen LogP) is 4.30. The molecule has 1 N–H and O–H groups in total. The standard InChI is InChI=1S/C14H14ClNO2S2/c1-9(11-5-6-13(15)20-11)16-14(18)7-4-10(17)12-3-2-8-19-12/h2-3,5-6,8-9H,4,7H2,1H3,(H,16,18). The third-order valence-electron chi connectivity index (χ3n) is 2.77. The van der Waals surface area contributed by atoms with E-state index in [1.54, 1.807) is 6.07 Å². The fourth-order valence-corrected chi connectivity index (χ4v) is 3.49. The van der Waals surface area contributed by atoms with Crippen molar-refractivity contribution in [3.63, 3.8) is 0 Å². The Labute approximate surface area is 130 Å². The average Bonchev–Trinajstić information content (AvgIpc) is 3.06. The third kappa shape index (κ3) is 4.16. The lowest BCUT2D eigenvalue weighted by Crippen LogP contribution is -2.26. The van der Waals surface area contributed by atoms with Crippen molar-refractivity contribution in [2.75, 3.05) is 0 Å². The maximum absolute atomic E-state index is 11.8. The van der Waals surface area contributed by atoms with Gasteiger partial charge in [-0.05, 0) is 30.5 Å². The molecule has 0 saturated heterocycles. The Morgan fingerprint density at radius 2 is 2.10 bits per heavy atom. The first-order valence-electron chi connectivity index (χ1n) is 6.17. The highest BCUT2D eigenvalue weighted by atomic mass is 35.5. The van der Waals surface area contributed by atoms with Crippen molar-refractivity contribution in [3.05, 3.63) is 43.7 Å². The van der Waals surface area contributed by atoms with Gasteiger partial charge in [0.05, 0.1) is 15.3 Å². The van der Waals surface area contributed by atoms with Gasteiger partial charge in [-0.1, -0.05) is 17.7 Å². The van der Waals surface area contributed by atoms with Crippen LogP contribution in [0.1, 0.15) is 40.4 Å². The molecule has 0 spiro atoms. The van der Waals surface area contributed by atoms with Crippen molar-refractivity contribution < 1.29 is 9.59 Å². The molecule has 1 atom stereocenters. The molecule has 20 heavy (non-hydrogen) atoms. The van der Waals surface area contributed by atoms with E-state index >= 15 is 0 Å². The molecule has 2 heterocycles. The van der Waals surface area contributed by atoms with E-state index in [0.29, 0.717) is 9.21 Å². The number of amides is 1. The summed E-state index contributed by atoms with van der Waals surface area (Å²) in [7, 11) is 0. The van der Waals surface area contributed by atoms with E-state index in [1.807, 2.05) is 30.5 Å². The zero-order valence-corrected chi connectivity index (χ0v) is 13.3. The van der Waals surface area contributed by atoms with Gasteiger partial charge >= 0.3 is 0 Å². The molecule has 0 aromatic carbocycles. The quantitative estimate of drug-likeness (QED) is 0.804. The zero-order valence-electron chi connectivity index (χ0n) is 10.9. The highest BCUT2D eigenvalue weighted by Gasteiger charge is 2.14. The Morgan fingerprint density at radius 3 is 2.70 bits per heavy atom. The first-order valence-corrected chi connectivity index (χ1v) is 8.25. The number of halogens is 1. The molecule has 6 heteroatoms. The monoisotopic (exact) mass is 327 g/mol. The minimum atomic E-state index is -0.119. The smallest absolute Gasteiger partial charge is 0.220 e. The van der Waals surface area contributed by atoms with Crippen LogP contribution in [0.5, 0.6) is 0 Å². The van der Waals surface area contributed by atoms with Crippen molar-refractivity contribution in [2.24, 2.45) is 0 Å². The van der Waals surface area contributed by atoms with E-state index in [1.165, 1.54) is 22.7 Å². The van der Waals surface area contributed by atoms with Crippen LogP contribution in [-0.4, -0.2) is 11.7 Å². The number of carbonyl (C=O) groups is 2. The summed E-state index contributed by atoms with van der Waals surface area (Å²) in [6.45, 7) is 1.90. The summed E-state index contributed by atoms with van der Waals surface area (Å²) in [6, 6.07) is 7.23. The number of Topliss-reactive ketones (excluding diaryl/α,β-unsaturated/α-hetero) is 1. The maximum Gasteiger partial charge on any atom is 0.220 e. The minimum absolute atomic E-state index is 0.0157. The normalized spacial score (nSPS) is 12.1. The lowest BCUT2D eigenvalue weighted by Gasteiger charge is -2.11. The minimum Gasteiger partial charge on any atom is -0.349 e. The maximum atomic E-state index is 11.8. The van der Waals surface area contributed by atoms with E-state index in [-0.39, 0.29) is 30.6 Å². The Balaban J connectivity index is 1.79. The van der Waals surface area contributed by atoms with Crippen LogP contribution in [0.15, 0.2) is 29.6 Å². The first-order chi connectivity index (χ1) is 9.56. The molecule has 2 aromatic rings. The molecule has 0 aliphatic rings. The first kappa shape index (κ1) is 15.2. The van der Waals surface area contributed by atoms with Crippen LogP contribution in [0, 0.1) is 0 Å². The largest absolute Gasteiger partial charge is 0.349 e. The van der Waals surface area contributed by atoms with E-state index < -0.39 is 0 Å². The van der Waals surface area contributed by atoms with Crippen molar-refractivity contribution >= 4 is 46.0 Å². The molecule has 0 aliphatic carbocycles. The second-order valence-electron chi connectivity index (χ2n) is 4.33. The van der Waals surface area contributed by atoms with E-state index in [2.05, 4.69) is 5.32 Å². The van der Waals surface area contributed by atoms with Crippen LogP contribution < -0.4 is 5.32 Å². The fourth-order valence-electron chi connectivity index (χ4n) is 1.73. The molecule has 1 unspecified atom stereocenters. The molecule has 0 bridgehead atoms. The molecule has 0 radical (unpaired) electrons. The summed E-state index contributed by atoms with van der Waals surface area (Å²) >= 11 is 8.71. The highest BCUT2D eigenvalue weighted by Crippen LogP contribution is 2.26. The van der Waals surface area contributed by atoms with Crippen LogP contribution in [-0.2, 0) is 4.79 Å². The van der Waals surface area contributed by atoms with Crippen molar-refractivity contribution in [1.82, 2.24) is 5.32 Å². The van der Waals surface area contributed by atoms with Gasteiger partial charge in [-0.3, -0.25) is 9.59 Å². The number of thiophene rings is 2. The summed E-state index contributed by atoms with van der Waals surface area (Å²) in [5.41, 5.74) is 0. The number of carbonyl (C=O) groups excluding carboxylic acids is 2. The van der Waals surface area contributed by atoms with Gasteiger partial charge in [0, 0.05) is 17.7 Å². The molecule has 1 amide bonds.